The molecule has 0 saturated heterocycles. The average molecular weight is 506 g/mol. The normalized spacial score (nSPS) is 16.0. The van der Waals surface area contributed by atoms with E-state index >= 15 is 0 Å². The van der Waals surface area contributed by atoms with Crippen LogP contribution < -0.4 is 5.32 Å². The van der Waals surface area contributed by atoms with Gasteiger partial charge in [0.1, 0.15) is 17.5 Å². The SMILES string of the molecule is CC[C@@H](C)NC(=O)[C@@H](CC)N(Cc1ccccc1Cl)C(=O)CN1C(=O)c2ccccc2S1(=O)=O. The summed E-state index contributed by atoms with van der Waals surface area (Å²) in [5.41, 5.74) is 0.626. The van der Waals surface area contributed by atoms with Crippen molar-refractivity contribution in [1.82, 2.24) is 14.5 Å². The summed E-state index contributed by atoms with van der Waals surface area (Å²) in [5.74, 6) is -1.79. The Balaban J connectivity index is 1.94. The van der Waals surface area contributed by atoms with Crippen molar-refractivity contribution < 1.29 is 22.8 Å². The molecule has 0 fully saturated rings. The van der Waals surface area contributed by atoms with E-state index in [2.05, 4.69) is 5.32 Å². The number of sulfonamides is 1. The van der Waals surface area contributed by atoms with E-state index in [-0.39, 0.29) is 29.0 Å². The Bertz CT molecular complexity index is 1200. The van der Waals surface area contributed by atoms with Crippen LogP contribution in [-0.4, -0.2) is 54.0 Å². The van der Waals surface area contributed by atoms with Crippen LogP contribution in [0.2, 0.25) is 5.02 Å². The van der Waals surface area contributed by atoms with E-state index in [1.807, 2.05) is 13.8 Å². The highest BCUT2D eigenvalue weighted by Gasteiger charge is 2.43. The number of rotatable bonds is 9. The van der Waals surface area contributed by atoms with Gasteiger partial charge in [-0.05, 0) is 43.5 Å². The molecule has 0 unspecified atom stereocenters. The number of nitrogens with zero attached hydrogens (tertiary/aromatic N) is 2. The summed E-state index contributed by atoms with van der Waals surface area (Å²) in [6.45, 7) is 4.83. The third-order valence-electron chi connectivity index (χ3n) is 5.88. The summed E-state index contributed by atoms with van der Waals surface area (Å²) in [7, 11) is -4.17. The molecule has 3 rings (SSSR count). The van der Waals surface area contributed by atoms with E-state index in [1.165, 1.54) is 23.1 Å². The minimum absolute atomic E-state index is 0.0139. The highest BCUT2D eigenvalue weighted by atomic mass is 35.5. The molecule has 0 saturated carbocycles. The summed E-state index contributed by atoms with van der Waals surface area (Å²) in [6, 6.07) is 11.8. The lowest BCUT2D eigenvalue weighted by Gasteiger charge is -2.32. The molecule has 2 aromatic carbocycles. The Hall–Kier alpha value is -2.91. The summed E-state index contributed by atoms with van der Waals surface area (Å²) in [6.07, 6.45) is 0.999. The number of nitrogens with one attached hydrogen (secondary N) is 1. The van der Waals surface area contributed by atoms with Gasteiger partial charge in [0.25, 0.3) is 15.9 Å². The molecule has 0 bridgehead atoms. The first-order valence-electron chi connectivity index (χ1n) is 11.1. The van der Waals surface area contributed by atoms with Crippen molar-refractivity contribution in [3.8, 4) is 0 Å². The van der Waals surface area contributed by atoms with Crippen molar-refractivity contribution in [1.29, 1.82) is 0 Å². The van der Waals surface area contributed by atoms with Crippen LogP contribution in [-0.2, 0) is 26.2 Å². The van der Waals surface area contributed by atoms with Crippen LogP contribution >= 0.6 is 11.6 Å². The maximum Gasteiger partial charge on any atom is 0.269 e. The van der Waals surface area contributed by atoms with E-state index in [0.717, 1.165) is 0 Å². The zero-order chi connectivity index (χ0) is 25.0. The van der Waals surface area contributed by atoms with Gasteiger partial charge in [-0.2, -0.15) is 0 Å². The molecule has 10 heteroatoms. The number of amides is 3. The second-order valence-corrected chi connectivity index (χ2v) is 10.4. The van der Waals surface area contributed by atoms with Crippen molar-refractivity contribution in [3.63, 3.8) is 0 Å². The van der Waals surface area contributed by atoms with Crippen LogP contribution in [0.25, 0.3) is 0 Å². The summed E-state index contributed by atoms with van der Waals surface area (Å²) in [5, 5.41) is 3.30. The van der Waals surface area contributed by atoms with E-state index in [4.69, 9.17) is 11.6 Å². The minimum Gasteiger partial charge on any atom is -0.352 e. The van der Waals surface area contributed by atoms with Crippen molar-refractivity contribution in [2.45, 2.75) is 57.1 Å². The van der Waals surface area contributed by atoms with Crippen molar-refractivity contribution in [2.24, 2.45) is 0 Å². The highest BCUT2D eigenvalue weighted by molar-refractivity contribution is 7.90. The molecule has 1 heterocycles. The molecule has 34 heavy (non-hydrogen) atoms. The smallest absolute Gasteiger partial charge is 0.269 e. The maximum absolute atomic E-state index is 13.5. The summed E-state index contributed by atoms with van der Waals surface area (Å²) >= 11 is 6.31. The Morgan fingerprint density at radius 3 is 2.32 bits per heavy atom. The first-order valence-corrected chi connectivity index (χ1v) is 12.9. The molecule has 182 valence electrons. The third-order valence-corrected chi connectivity index (χ3v) is 8.03. The molecule has 1 aliphatic heterocycles. The zero-order valence-corrected chi connectivity index (χ0v) is 20.9. The Morgan fingerprint density at radius 2 is 1.71 bits per heavy atom. The third kappa shape index (κ3) is 5.10. The molecular weight excluding hydrogens is 478 g/mol. The second kappa shape index (κ2) is 10.6. The van der Waals surface area contributed by atoms with E-state index < -0.39 is 34.4 Å². The van der Waals surface area contributed by atoms with Gasteiger partial charge < -0.3 is 10.2 Å². The maximum atomic E-state index is 13.5. The van der Waals surface area contributed by atoms with E-state index in [1.54, 1.807) is 37.3 Å². The van der Waals surface area contributed by atoms with E-state index in [9.17, 15) is 22.8 Å². The quantitative estimate of drug-likeness (QED) is 0.563. The van der Waals surface area contributed by atoms with Crippen molar-refractivity contribution in [2.75, 3.05) is 6.54 Å². The molecular formula is C24H28ClN3O5S. The lowest BCUT2D eigenvalue weighted by atomic mass is 10.1. The van der Waals surface area contributed by atoms with Gasteiger partial charge in [0, 0.05) is 17.6 Å². The number of hydrogen-bond acceptors (Lipinski definition) is 5. The van der Waals surface area contributed by atoms with Crippen LogP contribution in [0.3, 0.4) is 0 Å². The number of carbonyl (C=O) groups excluding carboxylic acids is 3. The highest BCUT2D eigenvalue weighted by Crippen LogP contribution is 2.30. The Labute approximate surface area is 204 Å². The van der Waals surface area contributed by atoms with Crippen LogP contribution in [0.1, 0.15) is 49.5 Å². The minimum atomic E-state index is -4.17. The average Bonchev–Trinajstić information content (AvgIpc) is 3.00. The zero-order valence-electron chi connectivity index (χ0n) is 19.3. The van der Waals surface area contributed by atoms with E-state index in [0.29, 0.717) is 27.7 Å². The molecule has 0 aromatic heterocycles. The van der Waals surface area contributed by atoms with Gasteiger partial charge in [-0.25, -0.2) is 12.7 Å². The predicted octanol–water partition coefficient (Wildman–Crippen LogP) is 3.21. The number of fused-ring (bicyclic) bond motifs is 1. The van der Waals surface area contributed by atoms with Crippen LogP contribution in [0.4, 0.5) is 0 Å². The Kier molecular flexibility index (Phi) is 7.99. The molecule has 1 aliphatic rings. The summed E-state index contributed by atoms with van der Waals surface area (Å²) < 4.78 is 26.5. The van der Waals surface area contributed by atoms with Crippen molar-refractivity contribution in [3.05, 3.63) is 64.7 Å². The molecule has 8 nitrogen and oxygen atoms in total. The lowest BCUT2D eigenvalue weighted by molar-refractivity contribution is -0.141. The Morgan fingerprint density at radius 1 is 1.06 bits per heavy atom. The lowest BCUT2D eigenvalue weighted by Crippen LogP contribution is -2.53. The van der Waals surface area contributed by atoms with Crippen molar-refractivity contribution >= 4 is 39.3 Å². The molecule has 2 atom stereocenters. The van der Waals surface area contributed by atoms with Gasteiger partial charge in [0.15, 0.2) is 0 Å². The van der Waals surface area contributed by atoms with Crippen LogP contribution in [0.15, 0.2) is 53.4 Å². The first kappa shape index (κ1) is 25.7. The summed E-state index contributed by atoms with van der Waals surface area (Å²) in [4.78, 5) is 40.5. The fourth-order valence-electron chi connectivity index (χ4n) is 3.77. The van der Waals surface area contributed by atoms with Gasteiger partial charge in [-0.15, -0.1) is 0 Å². The van der Waals surface area contributed by atoms with Crippen LogP contribution in [0, 0.1) is 0 Å². The number of carbonyl (C=O) groups is 3. The number of hydrogen-bond donors (Lipinski definition) is 1. The fraction of sp³-hybridized carbons (Fsp3) is 0.375. The molecule has 1 N–H and O–H groups in total. The molecule has 0 spiro atoms. The standard InChI is InChI=1S/C24H28ClN3O5S/c1-4-16(3)26-23(30)20(5-2)27(14-17-10-6-8-12-19(17)25)22(29)15-28-24(31)18-11-7-9-13-21(18)34(28,32)33/h6-13,16,20H,4-5,14-15H2,1-3H3,(H,26,30)/t16-,20-/m1/s1. The topological polar surface area (TPSA) is 104 Å². The van der Waals surface area contributed by atoms with Crippen LogP contribution in [0.5, 0.6) is 0 Å². The van der Waals surface area contributed by atoms with Gasteiger partial charge in [-0.1, -0.05) is 55.8 Å². The second-order valence-electron chi connectivity index (χ2n) is 8.17. The monoisotopic (exact) mass is 505 g/mol. The fourth-order valence-corrected chi connectivity index (χ4v) is 5.49. The first-order chi connectivity index (χ1) is 16.1. The number of halogens is 1. The predicted molar refractivity (Wildman–Crippen MR) is 129 cm³/mol. The van der Waals surface area contributed by atoms with Gasteiger partial charge >= 0.3 is 0 Å². The number of benzene rings is 2. The largest absolute Gasteiger partial charge is 0.352 e. The molecule has 0 radical (unpaired) electrons. The molecule has 3 amide bonds. The van der Waals surface area contributed by atoms with Gasteiger partial charge in [-0.3, -0.25) is 14.4 Å². The molecule has 0 aliphatic carbocycles. The molecule has 2 aromatic rings. The van der Waals surface area contributed by atoms with Gasteiger partial charge in [0.2, 0.25) is 11.8 Å². The van der Waals surface area contributed by atoms with Gasteiger partial charge in [0.05, 0.1) is 5.56 Å².